The standard InChI is InChI=1S/C16H24FNS/c1-12-8-14(17)5-4-13(12)6-7-18-15-9-16(2,3)11-19-10-15/h4-5,8,15,18H,6-7,9-11H2,1-3H3. The number of benzene rings is 1. The number of nitrogens with one attached hydrogen (secondary N) is 1. The molecule has 3 heteroatoms. The topological polar surface area (TPSA) is 12.0 Å². The van der Waals surface area contributed by atoms with E-state index >= 15 is 0 Å². The first-order valence-corrected chi connectivity index (χ1v) is 8.18. The number of aryl methyl sites for hydroxylation is 1. The quantitative estimate of drug-likeness (QED) is 0.901. The second-order valence-corrected chi connectivity index (χ2v) is 7.39. The monoisotopic (exact) mass is 281 g/mol. The summed E-state index contributed by atoms with van der Waals surface area (Å²) in [5, 5.41) is 3.65. The molecule has 1 heterocycles. The van der Waals surface area contributed by atoms with E-state index in [0.717, 1.165) is 18.5 Å². The van der Waals surface area contributed by atoms with Crippen molar-refractivity contribution >= 4 is 11.8 Å². The highest BCUT2D eigenvalue weighted by Gasteiger charge is 2.27. The van der Waals surface area contributed by atoms with E-state index in [4.69, 9.17) is 0 Å². The highest BCUT2D eigenvalue weighted by Crippen LogP contribution is 2.33. The Labute approximate surface area is 120 Å². The third kappa shape index (κ3) is 4.50. The molecule has 1 unspecified atom stereocenters. The summed E-state index contributed by atoms with van der Waals surface area (Å²) in [6.45, 7) is 7.65. The highest BCUT2D eigenvalue weighted by atomic mass is 32.2. The normalized spacial score (nSPS) is 22.4. The van der Waals surface area contributed by atoms with Crippen molar-refractivity contribution in [2.75, 3.05) is 18.1 Å². The summed E-state index contributed by atoms with van der Waals surface area (Å²) in [7, 11) is 0. The van der Waals surface area contributed by atoms with Crippen molar-refractivity contribution in [1.82, 2.24) is 5.32 Å². The molecule has 1 saturated heterocycles. The molecular weight excluding hydrogens is 257 g/mol. The molecule has 1 atom stereocenters. The van der Waals surface area contributed by atoms with Crippen molar-refractivity contribution in [1.29, 1.82) is 0 Å². The molecule has 1 fully saturated rings. The minimum atomic E-state index is -0.139. The zero-order chi connectivity index (χ0) is 13.9. The lowest BCUT2D eigenvalue weighted by molar-refractivity contribution is 0.319. The van der Waals surface area contributed by atoms with Gasteiger partial charge in [-0.25, -0.2) is 4.39 Å². The third-order valence-electron chi connectivity index (χ3n) is 3.74. The van der Waals surface area contributed by atoms with Crippen LogP contribution in [0.1, 0.15) is 31.4 Å². The summed E-state index contributed by atoms with van der Waals surface area (Å²) in [5.74, 6) is 2.34. The van der Waals surface area contributed by atoms with Crippen LogP contribution >= 0.6 is 11.8 Å². The van der Waals surface area contributed by atoms with E-state index < -0.39 is 0 Å². The lowest BCUT2D eigenvalue weighted by atomic mass is 9.88. The van der Waals surface area contributed by atoms with Crippen LogP contribution < -0.4 is 5.32 Å². The van der Waals surface area contributed by atoms with Crippen molar-refractivity contribution in [2.24, 2.45) is 5.41 Å². The van der Waals surface area contributed by atoms with Gasteiger partial charge in [0, 0.05) is 11.8 Å². The van der Waals surface area contributed by atoms with Crippen LogP contribution in [0.15, 0.2) is 18.2 Å². The van der Waals surface area contributed by atoms with E-state index in [2.05, 4.69) is 19.2 Å². The molecule has 19 heavy (non-hydrogen) atoms. The first-order valence-electron chi connectivity index (χ1n) is 7.02. The largest absolute Gasteiger partial charge is 0.313 e. The fourth-order valence-corrected chi connectivity index (χ4v) is 4.05. The summed E-state index contributed by atoms with van der Waals surface area (Å²) >= 11 is 2.05. The number of hydrogen-bond acceptors (Lipinski definition) is 2. The van der Waals surface area contributed by atoms with Gasteiger partial charge in [0.2, 0.25) is 0 Å². The van der Waals surface area contributed by atoms with Gasteiger partial charge in [0.1, 0.15) is 5.82 Å². The fraction of sp³-hybridized carbons (Fsp3) is 0.625. The summed E-state index contributed by atoms with van der Waals surface area (Å²) < 4.78 is 13.0. The van der Waals surface area contributed by atoms with Crippen molar-refractivity contribution in [3.63, 3.8) is 0 Å². The number of halogens is 1. The van der Waals surface area contributed by atoms with E-state index in [1.54, 1.807) is 12.1 Å². The van der Waals surface area contributed by atoms with E-state index in [9.17, 15) is 4.39 Å². The Hall–Kier alpha value is -0.540. The van der Waals surface area contributed by atoms with Gasteiger partial charge in [-0.3, -0.25) is 0 Å². The molecule has 1 aromatic carbocycles. The maximum Gasteiger partial charge on any atom is 0.123 e. The van der Waals surface area contributed by atoms with Gasteiger partial charge in [-0.05, 0) is 60.7 Å². The molecule has 0 saturated carbocycles. The molecule has 106 valence electrons. The van der Waals surface area contributed by atoms with Gasteiger partial charge in [0.05, 0.1) is 0 Å². The molecule has 0 aromatic heterocycles. The maximum atomic E-state index is 13.0. The lowest BCUT2D eigenvalue weighted by Gasteiger charge is -2.35. The van der Waals surface area contributed by atoms with E-state index in [1.165, 1.54) is 23.5 Å². The van der Waals surface area contributed by atoms with Gasteiger partial charge in [-0.2, -0.15) is 11.8 Å². The Morgan fingerprint density at radius 1 is 1.42 bits per heavy atom. The smallest absolute Gasteiger partial charge is 0.123 e. The van der Waals surface area contributed by atoms with Crippen LogP contribution in [0.3, 0.4) is 0 Å². The average molecular weight is 281 g/mol. The summed E-state index contributed by atoms with van der Waals surface area (Å²) in [4.78, 5) is 0. The van der Waals surface area contributed by atoms with Gasteiger partial charge in [-0.1, -0.05) is 19.9 Å². The van der Waals surface area contributed by atoms with Gasteiger partial charge in [0.15, 0.2) is 0 Å². The minimum Gasteiger partial charge on any atom is -0.313 e. The van der Waals surface area contributed by atoms with Gasteiger partial charge >= 0.3 is 0 Å². The van der Waals surface area contributed by atoms with Crippen LogP contribution in [-0.4, -0.2) is 24.1 Å². The van der Waals surface area contributed by atoms with Crippen LogP contribution in [0, 0.1) is 18.2 Å². The fourth-order valence-electron chi connectivity index (χ4n) is 2.74. The molecule has 0 amide bonds. The van der Waals surface area contributed by atoms with Crippen LogP contribution in [0.25, 0.3) is 0 Å². The van der Waals surface area contributed by atoms with Crippen molar-refractivity contribution in [3.05, 3.63) is 35.1 Å². The maximum absolute atomic E-state index is 13.0. The van der Waals surface area contributed by atoms with Crippen LogP contribution in [-0.2, 0) is 6.42 Å². The predicted octanol–water partition coefficient (Wildman–Crippen LogP) is 3.80. The Morgan fingerprint density at radius 2 is 2.21 bits per heavy atom. The van der Waals surface area contributed by atoms with E-state index in [0.29, 0.717) is 11.5 Å². The molecule has 2 rings (SSSR count). The zero-order valence-electron chi connectivity index (χ0n) is 12.1. The van der Waals surface area contributed by atoms with Crippen molar-refractivity contribution in [3.8, 4) is 0 Å². The highest BCUT2D eigenvalue weighted by molar-refractivity contribution is 7.99. The molecule has 1 nitrogen and oxygen atoms in total. The second kappa shape index (κ2) is 6.27. The number of hydrogen-bond donors (Lipinski definition) is 1. The Balaban J connectivity index is 1.80. The Kier molecular flexibility index (Phi) is 4.91. The Bertz CT molecular complexity index is 431. The molecule has 0 radical (unpaired) electrons. The second-order valence-electron chi connectivity index (χ2n) is 6.36. The number of rotatable bonds is 4. The van der Waals surface area contributed by atoms with Gasteiger partial charge in [0.25, 0.3) is 0 Å². The molecule has 1 aliphatic rings. The molecule has 1 N–H and O–H groups in total. The Morgan fingerprint density at radius 3 is 2.89 bits per heavy atom. The first kappa shape index (κ1) is 14.9. The molecular formula is C16H24FNS. The molecule has 0 spiro atoms. The zero-order valence-corrected chi connectivity index (χ0v) is 12.9. The third-order valence-corrected chi connectivity index (χ3v) is 5.37. The van der Waals surface area contributed by atoms with Crippen LogP contribution in [0.4, 0.5) is 4.39 Å². The van der Waals surface area contributed by atoms with Gasteiger partial charge < -0.3 is 5.32 Å². The summed E-state index contributed by atoms with van der Waals surface area (Å²) in [5.41, 5.74) is 2.75. The predicted molar refractivity (Wildman–Crippen MR) is 82.4 cm³/mol. The van der Waals surface area contributed by atoms with E-state index in [1.807, 2.05) is 24.8 Å². The van der Waals surface area contributed by atoms with Crippen molar-refractivity contribution in [2.45, 2.75) is 39.7 Å². The summed E-state index contributed by atoms with van der Waals surface area (Å²) in [6, 6.07) is 5.71. The number of thioether (sulfide) groups is 1. The van der Waals surface area contributed by atoms with Gasteiger partial charge in [-0.15, -0.1) is 0 Å². The SMILES string of the molecule is Cc1cc(F)ccc1CCNC1CSCC(C)(C)C1. The van der Waals surface area contributed by atoms with Crippen LogP contribution in [0.2, 0.25) is 0 Å². The van der Waals surface area contributed by atoms with Crippen molar-refractivity contribution < 1.29 is 4.39 Å². The van der Waals surface area contributed by atoms with Crippen LogP contribution in [0.5, 0.6) is 0 Å². The summed E-state index contributed by atoms with van der Waals surface area (Å²) in [6.07, 6.45) is 2.23. The average Bonchev–Trinajstić information content (AvgIpc) is 2.31. The molecule has 1 aliphatic heterocycles. The molecule has 1 aromatic rings. The van der Waals surface area contributed by atoms with E-state index in [-0.39, 0.29) is 5.82 Å². The lowest BCUT2D eigenvalue weighted by Crippen LogP contribution is -2.41. The molecule has 0 bridgehead atoms. The molecule has 0 aliphatic carbocycles. The first-order chi connectivity index (χ1) is 8.96. The minimum absolute atomic E-state index is 0.139.